The first kappa shape index (κ1) is 15.9. The summed E-state index contributed by atoms with van der Waals surface area (Å²) in [4.78, 5) is 4.49. The average molecular weight is 306 g/mol. The van der Waals surface area contributed by atoms with E-state index in [1.165, 1.54) is 0 Å². The summed E-state index contributed by atoms with van der Waals surface area (Å²) in [6, 6.07) is 6.04. The number of aromatic nitrogens is 5. The minimum atomic E-state index is 0.104. The molecule has 0 amide bonds. The number of nitrogens with one attached hydrogen (secondary N) is 1. The van der Waals surface area contributed by atoms with Crippen LogP contribution in [0.15, 0.2) is 23.4 Å². The predicted molar refractivity (Wildman–Crippen MR) is 84.1 cm³/mol. The van der Waals surface area contributed by atoms with Gasteiger partial charge in [-0.1, -0.05) is 17.8 Å². The van der Waals surface area contributed by atoms with Gasteiger partial charge in [0.25, 0.3) is 0 Å². The summed E-state index contributed by atoms with van der Waals surface area (Å²) in [5, 5.41) is 16.1. The number of tetrazole rings is 1. The summed E-state index contributed by atoms with van der Waals surface area (Å²) in [7, 11) is 0. The highest BCUT2D eigenvalue weighted by molar-refractivity contribution is 7.98. The zero-order valence-electron chi connectivity index (χ0n) is 13.0. The van der Waals surface area contributed by atoms with Crippen LogP contribution in [0.2, 0.25) is 0 Å². The molecule has 0 saturated heterocycles. The standard InChI is InChI=1S/C14H22N6S/c1-11-6-5-7-12(16-11)10-21-13-17-18-19-20(13)9-8-15-14(2,3)4/h5-7,15H,8-10H2,1-4H3. The fraction of sp³-hybridized carbons (Fsp3) is 0.571. The van der Waals surface area contributed by atoms with Gasteiger partial charge in [-0.2, -0.15) is 0 Å². The van der Waals surface area contributed by atoms with Crippen molar-refractivity contribution >= 4 is 11.8 Å². The lowest BCUT2D eigenvalue weighted by Gasteiger charge is -2.20. The van der Waals surface area contributed by atoms with E-state index in [1.54, 1.807) is 11.8 Å². The molecule has 0 fully saturated rings. The van der Waals surface area contributed by atoms with E-state index in [9.17, 15) is 0 Å². The molecule has 2 rings (SSSR count). The number of aryl methyl sites for hydroxylation is 1. The van der Waals surface area contributed by atoms with Crippen molar-refractivity contribution in [3.05, 3.63) is 29.6 Å². The molecule has 0 aliphatic heterocycles. The summed E-state index contributed by atoms with van der Waals surface area (Å²) in [6.45, 7) is 10.0. The molecule has 0 aromatic carbocycles. The van der Waals surface area contributed by atoms with Gasteiger partial charge < -0.3 is 5.32 Å². The summed E-state index contributed by atoms with van der Waals surface area (Å²) >= 11 is 1.61. The molecule has 6 nitrogen and oxygen atoms in total. The zero-order chi connectivity index (χ0) is 15.3. The first-order valence-electron chi connectivity index (χ1n) is 7.00. The normalized spacial score (nSPS) is 11.8. The molecule has 0 spiro atoms. The van der Waals surface area contributed by atoms with E-state index in [0.717, 1.165) is 35.4 Å². The van der Waals surface area contributed by atoms with Gasteiger partial charge in [-0.15, -0.1) is 5.10 Å². The van der Waals surface area contributed by atoms with Crippen LogP contribution < -0.4 is 5.32 Å². The van der Waals surface area contributed by atoms with Gasteiger partial charge in [0.2, 0.25) is 5.16 Å². The van der Waals surface area contributed by atoms with Crippen molar-refractivity contribution in [2.45, 2.75) is 50.7 Å². The quantitative estimate of drug-likeness (QED) is 0.824. The second-order valence-electron chi connectivity index (χ2n) is 5.92. The van der Waals surface area contributed by atoms with Crippen LogP contribution >= 0.6 is 11.8 Å². The predicted octanol–water partition coefficient (Wildman–Crippen LogP) is 2.06. The third-order valence-electron chi connectivity index (χ3n) is 2.77. The Morgan fingerprint density at radius 2 is 2.10 bits per heavy atom. The van der Waals surface area contributed by atoms with Gasteiger partial charge in [0.15, 0.2) is 0 Å². The number of pyridine rings is 1. The van der Waals surface area contributed by atoms with E-state index in [0.29, 0.717) is 0 Å². The Morgan fingerprint density at radius 1 is 1.29 bits per heavy atom. The second kappa shape index (κ2) is 7.00. The number of thioether (sulfide) groups is 1. The van der Waals surface area contributed by atoms with Gasteiger partial charge in [-0.25, -0.2) is 4.68 Å². The Kier molecular flexibility index (Phi) is 5.30. The lowest BCUT2D eigenvalue weighted by molar-refractivity contribution is 0.396. The van der Waals surface area contributed by atoms with Crippen molar-refractivity contribution in [2.24, 2.45) is 0 Å². The van der Waals surface area contributed by atoms with Crippen molar-refractivity contribution in [1.29, 1.82) is 0 Å². The van der Waals surface area contributed by atoms with E-state index in [4.69, 9.17) is 0 Å². The lowest BCUT2D eigenvalue weighted by atomic mass is 10.1. The average Bonchev–Trinajstić information content (AvgIpc) is 2.82. The van der Waals surface area contributed by atoms with Crippen molar-refractivity contribution < 1.29 is 0 Å². The Balaban J connectivity index is 1.88. The van der Waals surface area contributed by atoms with Gasteiger partial charge in [0.05, 0.1) is 12.2 Å². The minimum Gasteiger partial charge on any atom is -0.310 e. The van der Waals surface area contributed by atoms with E-state index < -0.39 is 0 Å². The van der Waals surface area contributed by atoms with Crippen molar-refractivity contribution in [3.63, 3.8) is 0 Å². The van der Waals surface area contributed by atoms with Crippen LogP contribution in [0.3, 0.4) is 0 Å². The zero-order valence-corrected chi connectivity index (χ0v) is 13.8. The molecule has 7 heteroatoms. The Bertz CT molecular complexity index is 575. The van der Waals surface area contributed by atoms with Crippen LogP contribution in [0.4, 0.5) is 0 Å². The molecule has 1 N–H and O–H groups in total. The number of nitrogens with zero attached hydrogens (tertiary/aromatic N) is 5. The maximum Gasteiger partial charge on any atom is 0.209 e. The fourth-order valence-electron chi connectivity index (χ4n) is 1.80. The summed E-state index contributed by atoms with van der Waals surface area (Å²) < 4.78 is 1.83. The summed E-state index contributed by atoms with van der Waals surface area (Å²) in [5.41, 5.74) is 2.18. The highest BCUT2D eigenvalue weighted by Crippen LogP contribution is 2.18. The Morgan fingerprint density at radius 3 is 2.81 bits per heavy atom. The minimum absolute atomic E-state index is 0.104. The van der Waals surface area contributed by atoms with Crippen molar-refractivity contribution in [2.75, 3.05) is 6.54 Å². The smallest absolute Gasteiger partial charge is 0.209 e. The lowest BCUT2D eigenvalue weighted by Crippen LogP contribution is -2.38. The molecule has 2 aromatic heterocycles. The highest BCUT2D eigenvalue weighted by Gasteiger charge is 2.11. The molecule has 114 valence electrons. The van der Waals surface area contributed by atoms with Gasteiger partial charge >= 0.3 is 0 Å². The number of hydrogen-bond donors (Lipinski definition) is 1. The first-order valence-corrected chi connectivity index (χ1v) is 7.99. The molecule has 0 saturated carbocycles. The van der Waals surface area contributed by atoms with E-state index in [-0.39, 0.29) is 5.54 Å². The molecule has 0 bridgehead atoms. The van der Waals surface area contributed by atoms with Crippen molar-refractivity contribution in [1.82, 2.24) is 30.5 Å². The molecule has 2 aromatic rings. The largest absolute Gasteiger partial charge is 0.310 e. The molecule has 0 aliphatic carbocycles. The van der Waals surface area contributed by atoms with Crippen LogP contribution in [0, 0.1) is 6.92 Å². The molecule has 0 radical (unpaired) electrons. The topological polar surface area (TPSA) is 68.5 Å². The third-order valence-corrected chi connectivity index (χ3v) is 3.76. The van der Waals surface area contributed by atoms with Gasteiger partial charge in [0.1, 0.15) is 0 Å². The monoisotopic (exact) mass is 306 g/mol. The number of rotatable bonds is 6. The molecule has 2 heterocycles. The highest BCUT2D eigenvalue weighted by atomic mass is 32.2. The van der Waals surface area contributed by atoms with Gasteiger partial charge in [0, 0.05) is 23.5 Å². The van der Waals surface area contributed by atoms with Crippen LogP contribution in [-0.2, 0) is 12.3 Å². The van der Waals surface area contributed by atoms with Crippen LogP contribution in [0.5, 0.6) is 0 Å². The van der Waals surface area contributed by atoms with E-state index in [2.05, 4.69) is 46.6 Å². The first-order chi connectivity index (χ1) is 9.94. The third kappa shape index (κ3) is 5.43. The Labute approximate surface area is 129 Å². The van der Waals surface area contributed by atoms with Crippen LogP contribution in [0.1, 0.15) is 32.2 Å². The molecular weight excluding hydrogens is 284 g/mol. The summed E-state index contributed by atoms with van der Waals surface area (Å²) in [5.74, 6) is 0.773. The molecule has 21 heavy (non-hydrogen) atoms. The maximum absolute atomic E-state index is 4.49. The van der Waals surface area contributed by atoms with E-state index >= 15 is 0 Å². The van der Waals surface area contributed by atoms with Crippen LogP contribution in [-0.4, -0.2) is 37.3 Å². The molecule has 0 aliphatic rings. The van der Waals surface area contributed by atoms with Gasteiger partial charge in [-0.05, 0) is 50.3 Å². The van der Waals surface area contributed by atoms with E-state index in [1.807, 2.05) is 29.8 Å². The van der Waals surface area contributed by atoms with Crippen LogP contribution in [0.25, 0.3) is 0 Å². The molecule has 0 atom stereocenters. The number of hydrogen-bond acceptors (Lipinski definition) is 6. The SMILES string of the molecule is Cc1cccc(CSc2nnnn2CCNC(C)(C)C)n1. The molecule has 0 unspecified atom stereocenters. The second-order valence-corrected chi connectivity index (χ2v) is 6.86. The molecular formula is C14H22N6S. The van der Waals surface area contributed by atoms with Crippen molar-refractivity contribution in [3.8, 4) is 0 Å². The fourth-order valence-corrected chi connectivity index (χ4v) is 2.60. The summed E-state index contributed by atoms with van der Waals surface area (Å²) in [6.07, 6.45) is 0. The van der Waals surface area contributed by atoms with Gasteiger partial charge in [-0.3, -0.25) is 4.98 Å². The Hall–Kier alpha value is -1.47. The maximum atomic E-state index is 4.49.